The predicted octanol–water partition coefficient (Wildman–Crippen LogP) is 2.66. The van der Waals surface area contributed by atoms with Crippen LogP contribution in [0.5, 0.6) is 0 Å². The number of hydrogen-bond donors (Lipinski definition) is 2. The second-order valence-corrected chi connectivity index (χ2v) is 11.1. The van der Waals surface area contributed by atoms with Crippen molar-refractivity contribution in [3.63, 3.8) is 0 Å². The van der Waals surface area contributed by atoms with Crippen LogP contribution in [0.2, 0.25) is 0 Å². The number of nitrogens with zero attached hydrogens (tertiary/aromatic N) is 3. The molecule has 0 unspecified atom stereocenters. The summed E-state index contributed by atoms with van der Waals surface area (Å²) >= 11 is 0. The second-order valence-electron chi connectivity index (χ2n) is 7.50. The van der Waals surface area contributed by atoms with Crippen LogP contribution in [0, 0.1) is 11.6 Å². The van der Waals surface area contributed by atoms with Gasteiger partial charge in [-0.15, -0.1) is 10.2 Å². The maximum atomic E-state index is 14.7. The Morgan fingerprint density at radius 1 is 0.909 bits per heavy atom. The van der Waals surface area contributed by atoms with E-state index >= 15 is 0 Å². The quantitative estimate of drug-likeness (QED) is 0.540. The minimum absolute atomic E-state index is 0.0961. The molecule has 0 amide bonds. The third-order valence-corrected chi connectivity index (χ3v) is 8.12. The summed E-state index contributed by atoms with van der Waals surface area (Å²) in [6.45, 7) is 0.572. The van der Waals surface area contributed by atoms with Crippen LogP contribution in [0.3, 0.4) is 0 Å². The molecule has 13 heteroatoms. The van der Waals surface area contributed by atoms with Crippen molar-refractivity contribution >= 4 is 25.7 Å². The van der Waals surface area contributed by atoms with E-state index in [-0.39, 0.29) is 16.3 Å². The molecule has 4 rings (SSSR count). The van der Waals surface area contributed by atoms with E-state index in [2.05, 4.69) is 19.6 Å². The van der Waals surface area contributed by atoms with Gasteiger partial charge in [-0.05, 0) is 44.2 Å². The molecule has 1 aliphatic rings. The normalized spacial score (nSPS) is 14.5. The van der Waals surface area contributed by atoms with E-state index in [9.17, 15) is 25.6 Å². The van der Waals surface area contributed by atoms with E-state index in [4.69, 9.17) is 0 Å². The molecule has 0 saturated heterocycles. The number of hydrogen-bond acceptors (Lipinski definition) is 6. The molecule has 2 aromatic carbocycles. The first-order valence-corrected chi connectivity index (χ1v) is 13.1. The molecule has 2 N–H and O–H groups in total. The number of halogens is 2. The molecule has 0 saturated carbocycles. The first kappa shape index (κ1) is 23.3. The summed E-state index contributed by atoms with van der Waals surface area (Å²) in [6.07, 6.45) is 3.45. The van der Waals surface area contributed by atoms with Gasteiger partial charge in [0.15, 0.2) is 5.82 Å². The van der Waals surface area contributed by atoms with Gasteiger partial charge in [0.2, 0.25) is 10.0 Å². The minimum Gasteiger partial charge on any atom is -0.311 e. The molecule has 0 atom stereocenters. The highest BCUT2D eigenvalue weighted by Gasteiger charge is 2.24. The van der Waals surface area contributed by atoms with E-state index in [1.165, 1.54) is 19.2 Å². The van der Waals surface area contributed by atoms with Gasteiger partial charge in [0.05, 0.1) is 21.0 Å². The summed E-state index contributed by atoms with van der Waals surface area (Å²) in [5.74, 6) is -1.16. The lowest BCUT2D eigenvalue weighted by atomic mass is 10.1. The standard InChI is InChI=1S/C20H21F2N5O4S2/c1-23-32(28,29)13-6-5-7-14(10-13)33(30,31)26-18-11-15(16(21)12-17(18)22)20-25-24-19-8-3-2-4-9-27(19)20/h5-7,10-12,23,26H,2-4,8-9H2,1H3. The van der Waals surface area contributed by atoms with E-state index in [0.29, 0.717) is 24.9 Å². The lowest BCUT2D eigenvalue weighted by molar-refractivity contribution is 0.581. The third kappa shape index (κ3) is 4.61. The van der Waals surface area contributed by atoms with Gasteiger partial charge in [-0.3, -0.25) is 4.72 Å². The molecular weight excluding hydrogens is 476 g/mol. The van der Waals surface area contributed by atoms with Crippen LogP contribution >= 0.6 is 0 Å². The predicted molar refractivity (Wildman–Crippen MR) is 116 cm³/mol. The number of aromatic nitrogens is 3. The fourth-order valence-corrected chi connectivity index (χ4v) is 5.57. The van der Waals surface area contributed by atoms with Crippen molar-refractivity contribution in [1.82, 2.24) is 19.5 Å². The van der Waals surface area contributed by atoms with Crippen LogP contribution in [-0.2, 0) is 33.0 Å². The maximum Gasteiger partial charge on any atom is 0.262 e. The molecule has 3 aromatic rings. The molecule has 33 heavy (non-hydrogen) atoms. The molecule has 0 spiro atoms. The maximum absolute atomic E-state index is 14.7. The van der Waals surface area contributed by atoms with Crippen LogP contribution in [0.15, 0.2) is 46.2 Å². The number of aryl methyl sites for hydroxylation is 1. The zero-order valence-electron chi connectivity index (χ0n) is 17.5. The second kappa shape index (κ2) is 8.80. The van der Waals surface area contributed by atoms with Gasteiger partial charge in [0.25, 0.3) is 10.0 Å². The van der Waals surface area contributed by atoms with E-state index < -0.39 is 42.3 Å². The Balaban J connectivity index is 1.73. The molecule has 1 aliphatic heterocycles. The Bertz CT molecular complexity index is 1420. The van der Waals surface area contributed by atoms with Gasteiger partial charge >= 0.3 is 0 Å². The number of nitrogens with one attached hydrogen (secondary N) is 2. The first-order valence-electron chi connectivity index (χ1n) is 10.1. The largest absolute Gasteiger partial charge is 0.311 e. The summed E-state index contributed by atoms with van der Waals surface area (Å²) in [5.41, 5.74) is -0.597. The van der Waals surface area contributed by atoms with Crippen molar-refractivity contribution in [2.75, 3.05) is 11.8 Å². The Morgan fingerprint density at radius 3 is 2.36 bits per heavy atom. The van der Waals surface area contributed by atoms with Crippen molar-refractivity contribution in [1.29, 1.82) is 0 Å². The molecule has 0 aliphatic carbocycles. The van der Waals surface area contributed by atoms with Gasteiger partial charge in [-0.25, -0.2) is 30.3 Å². The minimum atomic E-state index is -4.40. The Morgan fingerprint density at radius 2 is 1.64 bits per heavy atom. The highest BCUT2D eigenvalue weighted by molar-refractivity contribution is 7.93. The monoisotopic (exact) mass is 497 g/mol. The van der Waals surface area contributed by atoms with Crippen molar-refractivity contribution in [2.45, 2.75) is 42.0 Å². The molecule has 0 bridgehead atoms. The first-order chi connectivity index (χ1) is 15.6. The molecule has 176 valence electrons. The Kier molecular flexibility index (Phi) is 6.20. The summed E-state index contributed by atoms with van der Waals surface area (Å²) in [4.78, 5) is -0.681. The highest BCUT2D eigenvalue weighted by atomic mass is 32.2. The Labute approximate surface area is 190 Å². The summed E-state index contributed by atoms with van der Waals surface area (Å²) < 4.78 is 84.9. The molecular formula is C20H21F2N5O4S2. The van der Waals surface area contributed by atoms with Gasteiger partial charge in [-0.2, -0.15) is 0 Å². The van der Waals surface area contributed by atoms with Crippen molar-refractivity contribution < 1.29 is 25.6 Å². The lowest BCUT2D eigenvalue weighted by Gasteiger charge is -2.13. The molecule has 1 aromatic heterocycles. The van der Waals surface area contributed by atoms with Crippen molar-refractivity contribution in [3.8, 4) is 11.4 Å². The average Bonchev–Trinajstić information content (AvgIpc) is 3.03. The lowest BCUT2D eigenvalue weighted by Crippen LogP contribution is -2.20. The van der Waals surface area contributed by atoms with Crippen LogP contribution in [-0.4, -0.2) is 38.6 Å². The fraction of sp³-hybridized carbons (Fsp3) is 0.300. The van der Waals surface area contributed by atoms with E-state index in [1.54, 1.807) is 4.57 Å². The van der Waals surface area contributed by atoms with Crippen molar-refractivity contribution in [3.05, 3.63) is 53.9 Å². The average molecular weight is 498 g/mol. The van der Waals surface area contributed by atoms with Gasteiger partial charge in [-0.1, -0.05) is 12.5 Å². The summed E-state index contributed by atoms with van der Waals surface area (Å²) in [6, 6.07) is 6.17. The number of rotatable bonds is 6. The zero-order valence-corrected chi connectivity index (χ0v) is 19.2. The van der Waals surface area contributed by atoms with E-state index in [0.717, 1.165) is 37.5 Å². The highest BCUT2D eigenvalue weighted by Crippen LogP contribution is 2.30. The molecule has 9 nitrogen and oxygen atoms in total. The van der Waals surface area contributed by atoms with Gasteiger partial charge in [0, 0.05) is 19.0 Å². The topological polar surface area (TPSA) is 123 Å². The van der Waals surface area contributed by atoms with Crippen LogP contribution in [0.25, 0.3) is 11.4 Å². The van der Waals surface area contributed by atoms with Gasteiger partial charge in [0.1, 0.15) is 17.5 Å². The molecule has 0 radical (unpaired) electrons. The number of fused-ring (bicyclic) bond motifs is 1. The van der Waals surface area contributed by atoms with Crippen LogP contribution in [0.4, 0.5) is 14.5 Å². The number of anilines is 1. The fourth-order valence-electron chi connectivity index (χ4n) is 3.61. The van der Waals surface area contributed by atoms with Crippen LogP contribution < -0.4 is 9.44 Å². The summed E-state index contributed by atoms with van der Waals surface area (Å²) in [7, 11) is -7.11. The van der Waals surface area contributed by atoms with E-state index in [1.807, 2.05) is 0 Å². The zero-order chi connectivity index (χ0) is 23.8. The van der Waals surface area contributed by atoms with Gasteiger partial charge < -0.3 is 4.57 Å². The molecule has 0 fully saturated rings. The smallest absolute Gasteiger partial charge is 0.262 e. The molecule has 2 heterocycles. The third-order valence-electron chi connectivity index (χ3n) is 5.35. The Hall–Kier alpha value is -2.90. The van der Waals surface area contributed by atoms with Crippen LogP contribution in [0.1, 0.15) is 25.1 Å². The van der Waals surface area contributed by atoms with Crippen molar-refractivity contribution in [2.24, 2.45) is 0 Å². The number of benzene rings is 2. The number of sulfonamides is 2. The summed E-state index contributed by atoms with van der Waals surface area (Å²) in [5, 5.41) is 8.14. The SMILES string of the molecule is CNS(=O)(=O)c1cccc(S(=O)(=O)Nc2cc(-c3nnc4n3CCCCC4)c(F)cc2F)c1.